The van der Waals surface area contributed by atoms with Gasteiger partial charge < -0.3 is 14.9 Å². The molecule has 0 radical (unpaired) electrons. The normalized spacial score (nSPS) is 45.0. The van der Waals surface area contributed by atoms with Crippen LogP contribution in [0.25, 0.3) is 0 Å². The molecule has 1 aromatic heterocycles. The van der Waals surface area contributed by atoms with Crippen LogP contribution in [0.2, 0.25) is 0 Å². The number of rotatable bonds is 1. The van der Waals surface area contributed by atoms with Gasteiger partial charge in [-0.1, -0.05) is 19.4 Å². The van der Waals surface area contributed by atoms with Crippen LogP contribution in [0.1, 0.15) is 76.7 Å². The molecule has 28 heavy (non-hydrogen) atoms. The van der Waals surface area contributed by atoms with Gasteiger partial charge in [0.15, 0.2) is 0 Å². The van der Waals surface area contributed by atoms with Crippen molar-refractivity contribution in [2.45, 2.75) is 76.7 Å². The summed E-state index contributed by atoms with van der Waals surface area (Å²) in [4.78, 5) is 11.4. The Bertz CT molecular complexity index is 896. The fraction of sp³-hybridized carbons (Fsp3) is 0.667. The van der Waals surface area contributed by atoms with E-state index < -0.39 is 5.60 Å². The quantitative estimate of drug-likeness (QED) is 0.732. The van der Waals surface area contributed by atoms with Crippen molar-refractivity contribution in [2.75, 3.05) is 0 Å². The molecule has 5 rings (SSSR count). The maximum Gasteiger partial charge on any atom is 0.335 e. The molecule has 150 valence electrons. The Balaban J connectivity index is 1.52. The van der Waals surface area contributed by atoms with Gasteiger partial charge in [0, 0.05) is 17.2 Å². The van der Waals surface area contributed by atoms with E-state index >= 15 is 0 Å². The molecule has 0 bridgehead atoms. The molecule has 4 aliphatic rings. The third-order valence-electron chi connectivity index (χ3n) is 9.31. The zero-order valence-electron chi connectivity index (χ0n) is 17.0. The van der Waals surface area contributed by atoms with E-state index in [4.69, 9.17) is 9.83 Å². The average molecular weight is 382 g/mol. The fourth-order valence-electron chi connectivity index (χ4n) is 7.66. The van der Waals surface area contributed by atoms with Crippen LogP contribution >= 0.6 is 0 Å². The van der Waals surface area contributed by atoms with Crippen LogP contribution in [-0.4, -0.2) is 16.4 Å². The zero-order valence-corrected chi connectivity index (χ0v) is 17.0. The van der Waals surface area contributed by atoms with Gasteiger partial charge in [0.25, 0.3) is 0 Å². The number of hydrogen-bond donors (Lipinski definition) is 2. The highest BCUT2D eigenvalue weighted by Crippen LogP contribution is 2.69. The van der Waals surface area contributed by atoms with Crippen LogP contribution in [-0.2, 0) is 0 Å². The van der Waals surface area contributed by atoms with Crippen molar-refractivity contribution < 1.29 is 9.52 Å². The minimum absolute atomic E-state index is 0.141. The van der Waals surface area contributed by atoms with Crippen molar-refractivity contribution in [3.05, 3.63) is 46.0 Å². The van der Waals surface area contributed by atoms with Crippen LogP contribution in [0.5, 0.6) is 0 Å². The van der Waals surface area contributed by atoms with Gasteiger partial charge >= 0.3 is 5.63 Å². The Hall–Kier alpha value is -1.68. The molecular weight excluding hydrogens is 350 g/mol. The van der Waals surface area contributed by atoms with Crippen molar-refractivity contribution in [1.82, 2.24) is 0 Å². The van der Waals surface area contributed by atoms with Gasteiger partial charge in [-0.15, -0.1) is 0 Å². The standard InChI is InChI=1S/C24H31NO3/c1-22-10-7-17(25)13-16(22)4-5-20-19(22)8-11-23(2)18(9-12-24(20,23)27)15-3-6-21(26)28-14-15/h3,6,13-14,18-20,25,27H,4-5,7-12H2,1-2H3/t18-,19?,20?,22+,23?,24?/m1/s1. The first kappa shape index (κ1) is 18.4. The third kappa shape index (κ3) is 2.27. The molecule has 4 nitrogen and oxygen atoms in total. The lowest BCUT2D eigenvalue weighted by atomic mass is 9.45. The van der Waals surface area contributed by atoms with Crippen molar-refractivity contribution in [2.24, 2.45) is 22.7 Å². The molecule has 0 aromatic carbocycles. The first-order valence-corrected chi connectivity index (χ1v) is 10.9. The van der Waals surface area contributed by atoms with Gasteiger partial charge in [0.1, 0.15) is 0 Å². The van der Waals surface area contributed by atoms with Crippen LogP contribution in [0.3, 0.4) is 0 Å². The molecule has 0 saturated heterocycles. The topological polar surface area (TPSA) is 74.3 Å². The minimum Gasteiger partial charge on any atom is -0.431 e. The first-order valence-electron chi connectivity index (χ1n) is 10.9. The van der Waals surface area contributed by atoms with Gasteiger partial charge in [-0.2, -0.15) is 0 Å². The Labute approximate surface area is 166 Å². The number of hydrogen-bond acceptors (Lipinski definition) is 4. The van der Waals surface area contributed by atoms with E-state index in [0.717, 1.165) is 62.6 Å². The van der Waals surface area contributed by atoms with Gasteiger partial charge in [0.05, 0.1) is 11.9 Å². The van der Waals surface area contributed by atoms with E-state index in [9.17, 15) is 9.90 Å². The first-order chi connectivity index (χ1) is 13.3. The molecule has 0 aliphatic heterocycles. The lowest BCUT2D eigenvalue weighted by Gasteiger charge is -2.61. The molecule has 4 unspecified atom stereocenters. The second kappa shape index (κ2) is 5.91. The molecule has 6 atom stereocenters. The molecule has 4 heteroatoms. The maximum atomic E-state index is 12.2. The van der Waals surface area contributed by atoms with Gasteiger partial charge in [0.2, 0.25) is 0 Å². The molecule has 0 amide bonds. The van der Waals surface area contributed by atoms with Gasteiger partial charge in [-0.3, -0.25) is 0 Å². The van der Waals surface area contributed by atoms with E-state index in [0.29, 0.717) is 11.8 Å². The van der Waals surface area contributed by atoms with Crippen molar-refractivity contribution >= 4 is 5.71 Å². The summed E-state index contributed by atoms with van der Waals surface area (Å²) in [5.41, 5.74) is 2.29. The summed E-state index contributed by atoms with van der Waals surface area (Å²) in [6.07, 6.45) is 11.7. The zero-order chi connectivity index (χ0) is 19.7. The van der Waals surface area contributed by atoms with E-state index in [1.165, 1.54) is 11.6 Å². The number of fused-ring (bicyclic) bond motifs is 5. The summed E-state index contributed by atoms with van der Waals surface area (Å²) in [5.74, 6) is 1.07. The summed E-state index contributed by atoms with van der Waals surface area (Å²) in [5, 5.41) is 20.3. The highest BCUT2D eigenvalue weighted by Gasteiger charge is 2.66. The largest absolute Gasteiger partial charge is 0.431 e. The Morgan fingerprint density at radius 1 is 1.07 bits per heavy atom. The maximum absolute atomic E-state index is 12.2. The number of nitrogens with one attached hydrogen (secondary N) is 1. The second-order valence-electron chi connectivity index (χ2n) is 10.2. The molecule has 4 aliphatic carbocycles. The van der Waals surface area contributed by atoms with Crippen LogP contribution in [0.15, 0.2) is 39.3 Å². The molecule has 0 spiro atoms. The van der Waals surface area contributed by atoms with Crippen LogP contribution in [0.4, 0.5) is 0 Å². The molecule has 1 aromatic rings. The van der Waals surface area contributed by atoms with Crippen molar-refractivity contribution in [3.63, 3.8) is 0 Å². The SMILES string of the molecule is CC12CCC3C(CCC4=CC(=N)CC[C@@]43C)C1(O)CC[C@@H]2c1ccc(=O)oc1. The Morgan fingerprint density at radius 3 is 2.64 bits per heavy atom. The highest BCUT2D eigenvalue weighted by molar-refractivity contribution is 5.94. The molecule has 3 fully saturated rings. The Kier molecular flexibility index (Phi) is 3.88. The monoisotopic (exact) mass is 381 g/mol. The van der Waals surface area contributed by atoms with Gasteiger partial charge in [-0.05, 0) is 92.2 Å². The molecule has 3 saturated carbocycles. The third-order valence-corrected chi connectivity index (χ3v) is 9.31. The van der Waals surface area contributed by atoms with Crippen LogP contribution < -0.4 is 5.63 Å². The predicted octanol–water partition coefficient (Wildman–Crippen LogP) is 4.82. The smallest absolute Gasteiger partial charge is 0.335 e. The average Bonchev–Trinajstić information content (AvgIpc) is 2.95. The van der Waals surface area contributed by atoms with Gasteiger partial charge in [-0.25, -0.2) is 4.79 Å². The fourth-order valence-corrected chi connectivity index (χ4v) is 7.66. The van der Waals surface area contributed by atoms with Crippen LogP contribution in [0, 0.1) is 28.1 Å². The van der Waals surface area contributed by atoms with E-state index in [-0.39, 0.29) is 22.4 Å². The summed E-state index contributed by atoms with van der Waals surface area (Å²) in [6.45, 7) is 4.67. The molecule has 2 N–H and O–H groups in total. The minimum atomic E-state index is -0.657. The second-order valence-corrected chi connectivity index (χ2v) is 10.2. The molecule has 1 heterocycles. The number of allylic oxidation sites excluding steroid dienone is 2. The summed E-state index contributed by atoms with van der Waals surface area (Å²) in [7, 11) is 0. The lowest BCUT2D eigenvalue weighted by Crippen LogP contribution is -2.60. The summed E-state index contributed by atoms with van der Waals surface area (Å²) >= 11 is 0. The van der Waals surface area contributed by atoms with E-state index in [1.54, 1.807) is 6.26 Å². The lowest BCUT2D eigenvalue weighted by molar-refractivity contribution is -0.176. The van der Waals surface area contributed by atoms with E-state index in [2.05, 4.69) is 19.9 Å². The number of aliphatic hydroxyl groups is 1. The van der Waals surface area contributed by atoms with Crippen molar-refractivity contribution in [1.29, 1.82) is 5.41 Å². The Morgan fingerprint density at radius 2 is 1.89 bits per heavy atom. The molecular formula is C24H31NO3. The summed E-state index contributed by atoms with van der Waals surface area (Å²) in [6, 6.07) is 3.41. The predicted molar refractivity (Wildman–Crippen MR) is 109 cm³/mol. The van der Waals surface area contributed by atoms with E-state index in [1.807, 2.05) is 6.07 Å². The summed E-state index contributed by atoms with van der Waals surface area (Å²) < 4.78 is 5.17. The van der Waals surface area contributed by atoms with Crippen molar-refractivity contribution in [3.8, 4) is 0 Å². The highest BCUT2D eigenvalue weighted by atomic mass is 16.4.